The molecule has 0 aliphatic carbocycles. The molecule has 1 amide bonds. The van der Waals surface area contributed by atoms with Crippen molar-refractivity contribution in [2.45, 2.75) is 38.0 Å². The van der Waals surface area contributed by atoms with Crippen LogP contribution in [0.15, 0.2) is 52.7 Å². The highest BCUT2D eigenvalue weighted by molar-refractivity contribution is 7.90. The molecule has 3 aromatic rings. The number of nitrogens with zero attached hydrogens (tertiary/aromatic N) is 1. The molecule has 0 atom stereocenters. The second kappa shape index (κ2) is 7.72. The number of carbonyl (C=O) groups excluding carboxylic acids is 1. The lowest BCUT2D eigenvalue weighted by atomic mass is 9.86. The second-order valence-corrected chi connectivity index (χ2v) is 10.9. The Labute approximate surface area is 175 Å². The summed E-state index contributed by atoms with van der Waals surface area (Å²) in [7, 11) is -3.39. The number of hydrogen-bond donors (Lipinski definition) is 1. The largest absolute Gasteiger partial charge is 0.298 e. The summed E-state index contributed by atoms with van der Waals surface area (Å²) in [6.07, 6.45) is 1.12. The Balaban J connectivity index is 1.81. The third kappa shape index (κ3) is 4.92. The Morgan fingerprint density at radius 3 is 2.31 bits per heavy atom. The van der Waals surface area contributed by atoms with E-state index in [1.807, 2.05) is 17.5 Å². The average Bonchev–Trinajstić information content (AvgIpc) is 3.09. The van der Waals surface area contributed by atoms with Gasteiger partial charge in [0.1, 0.15) is 0 Å². The highest BCUT2D eigenvalue weighted by Crippen LogP contribution is 2.29. The topological polar surface area (TPSA) is 76.1 Å². The van der Waals surface area contributed by atoms with E-state index < -0.39 is 9.84 Å². The molecule has 0 fully saturated rings. The Bertz CT molecular complexity index is 1160. The van der Waals surface area contributed by atoms with Crippen molar-refractivity contribution in [3.8, 4) is 11.3 Å². The monoisotopic (exact) mass is 428 g/mol. The Kier molecular flexibility index (Phi) is 5.65. The van der Waals surface area contributed by atoms with Crippen LogP contribution in [0.5, 0.6) is 0 Å². The summed E-state index contributed by atoms with van der Waals surface area (Å²) in [6.45, 7) is 8.27. The van der Waals surface area contributed by atoms with Gasteiger partial charge in [-0.15, -0.1) is 11.3 Å². The molecule has 5 nitrogen and oxygen atoms in total. The van der Waals surface area contributed by atoms with Crippen LogP contribution in [0.2, 0.25) is 0 Å². The van der Waals surface area contributed by atoms with E-state index in [4.69, 9.17) is 0 Å². The van der Waals surface area contributed by atoms with E-state index >= 15 is 0 Å². The summed E-state index contributed by atoms with van der Waals surface area (Å²) < 4.78 is 23.6. The summed E-state index contributed by atoms with van der Waals surface area (Å²) in [5.41, 5.74) is 4.10. The molecule has 152 valence electrons. The van der Waals surface area contributed by atoms with Gasteiger partial charge in [-0.1, -0.05) is 51.1 Å². The van der Waals surface area contributed by atoms with Crippen LogP contribution in [0.25, 0.3) is 11.3 Å². The molecule has 29 heavy (non-hydrogen) atoms. The van der Waals surface area contributed by atoms with Gasteiger partial charge in [0.05, 0.1) is 10.6 Å². The van der Waals surface area contributed by atoms with Gasteiger partial charge in [0, 0.05) is 22.8 Å². The normalized spacial score (nSPS) is 12.0. The smallest absolute Gasteiger partial charge is 0.257 e. The molecule has 0 bridgehead atoms. The van der Waals surface area contributed by atoms with E-state index in [1.54, 1.807) is 13.0 Å². The van der Waals surface area contributed by atoms with E-state index in [0.717, 1.165) is 17.5 Å². The minimum Gasteiger partial charge on any atom is -0.298 e. The molecule has 0 saturated carbocycles. The standard InChI is InChI=1S/C22H24N2O3S2/c1-14-6-11-17(29(5,26)27)12-18(14)20(25)24-21-23-19(13-28-21)15-7-9-16(10-8-15)22(2,3)4/h6-13H,1-5H3,(H,23,24,25). The van der Waals surface area contributed by atoms with Crippen LogP contribution in [-0.2, 0) is 15.3 Å². The van der Waals surface area contributed by atoms with Crippen molar-refractivity contribution >= 4 is 32.2 Å². The summed E-state index contributed by atoms with van der Waals surface area (Å²) in [4.78, 5) is 17.3. The van der Waals surface area contributed by atoms with Crippen LogP contribution >= 0.6 is 11.3 Å². The van der Waals surface area contributed by atoms with Gasteiger partial charge in [-0.3, -0.25) is 10.1 Å². The molecule has 0 spiro atoms. The van der Waals surface area contributed by atoms with Crippen molar-refractivity contribution in [1.82, 2.24) is 4.98 Å². The van der Waals surface area contributed by atoms with Gasteiger partial charge in [0.2, 0.25) is 0 Å². The number of hydrogen-bond acceptors (Lipinski definition) is 5. The number of rotatable bonds is 4. The van der Waals surface area contributed by atoms with Crippen LogP contribution in [-0.4, -0.2) is 25.6 Å². The number of amides is 1. The molecule has 0 aliphatic heterocycles. The zero-order valence-corrected chi connectivity index (χ0v) is 18.7. The minimum absolute atomic E-state index is 0.0815. The number of aromatic nitrogens is 1. The molecule has 1 heterocycles. The summed E-state index contributed by atoms with van der Waals surface area (Å²) in [6, 6.07) is 12.8. The number of thiazole rings is 1. The number of sulfone groups is 1. The number of nitrogens with one attached hydrogen (secondary N) is 1. The fourth-order valence-corrected chi connectivity index (χ4v) is 4.21. The van der Waals surface area contributed by atoms with Crippen molar-refractivity contribution < 1.29 is 13.2 Å². The summed E-state index contributed by atoms with van der Waals surface area (Å²) in [5.74, 6) is -0.378. The lowest BCUT2D eigenvalue weighted by Crippen LogP contribution is -2.14. The van der Waals surface area contributed by atoms with E-state index in [0.29, 0.717) is 16.3 Å². The van der Waals surface area contributed by atoms with E-state index in [9.17, 15) is 13.2 Å². The Morgan fingerprint density at radius 2 is 1.72 bits per heavy atom. The van der Waals surface area contributed by atoms with Crippen molar-refractivity contribution in [3.05, 3.63) is 64.5 Å². The number of aryl methyl sites for hydroxylation is 1. The fraction of sp³-hybridized carbons (Fsp3) is 0.273. The molecule has 1 aromatic heterocycles. The highest BCUT2D eigenvalue weighted by atomic mass is 32.2. The Morgan fingerprint density at radius 1 is 1.07 bits per heavy atom. The SMILES string of the molecule is Cc1ccc(S(C)(=O)=O)cc1C(=O)Nc1nc(-c2ccc(C(C)(C)C)cc2)cs1. The lowest BCUT2D eigenvalue weighted by Gasteiger charge is -2.18. The first kappa shape index (κ1) is 21.2. The molecule has 1 N–H and O–H groups in total. The third-order valence-electron chi connectivity index (χ3n) is 4.65. The van der Waals surface area contributed by atoms with Crippen LogP contribution < -0.4 is 5.32 Å². The average molecular weight is 429 g/mol. The van der Waals surface area contributed by atoms with Gasteiger partial charge in [-0.2, -0.15) is 0 Å². The van der Waals surface area contributed by atoms with Crippen LogP contribution in [0.4, 0.5) is 5.13 Å². The van der Waals surface area contributed by atoms with Gasteiger partial charge in [-0.25, -0.2) is 13.4 Å². The predicted molar refractivity (Wildman–Crippen MR) is 118 cm³/mol. The number of anilines is 1. The zero-order chi connectivity index (χ0) is 21.4. The molecule has 0 saturated heterocycles. The maximum absolute atomic E-state index is 12.7. The first-order chi connectivity index (χ1) is 13.4. The third-order valence-corrected chi connectivity index (χ3v) is 6.52. The second-order valence-electron chi connectivity index (χ2n) is 8.07. The van der Waals surface area contributed by atoms with Gasteiger partial charge in [-0.05, 0) is 35.6 Å². The molecular weight excluding hydrogens is 404 g/mol. The van der Waals surface area contributed by atoms with Crippen LogP contribution in [0.3, 0.4) is 0 Å². The van der Waals surface area contributed by atoms with Crippen LogP contribution in [0.1, 0.15) is 42.3 Å². The molecule has 0 radical (unpaired) electrons. The molecule has 0 aliphatic rings. The maximum Gasteiger partial charge on any atom is 0.257 e. The minimum atomic E-state index is -3.39. The van der Waals surface area contributed by atoms with Crippen molar-refractivity contribution in [3.63, 3.8) is 0 Å². The summed E-state index contributed by atoms with van der Waals surface area (Å²) >= 11 is 1.33. The van der Waals surface area contributed by atoms with E-state index in [-0.39, 0.29) is 16.2 Å². The van der Waals surface area contributed by atoms with Gasteiger partial charge < -0.3 is 0 Å². The maximum atomic E-state index is 12.7. The fourth-order valence-electron chi connectivity index (χ4n) is 2.85. The van der Waals surface area contributed by atoms with Crippen molar-refractivity contribution in [2.24, 2.45) is 0 Å². The lowest BCUT2D eigenvalue weighted by molar-refractivity contribution is 0.102. The molecule has 2 aromatic carbocycles. The van der Waals surface area contributed by atoms with Gasteiger partial charge in [0.15, 0.2) is 15.0 Å². The van der Waals surface area contributed by atoms with E-state index in [2.05, 4.69) is 43.2 Å². The quantitative estimate of drug-likeness (QED) is 0.629. The molecule has 3 rings (SSSR count). The first-order valence-corrected chi connectivity index (χ1v) is 11.9. The number of carbonyl (C=O) groups is 1. The zero-order valence-electron chi connectivity index (χ0n) is 17.1. The first-order valence-electron chi connectivity index (χ1n) is 9.13. The molecule has 7 heteroatoms. The van der Waals surface area contributed by atoms with Crippen molar-refractivity contribution in [2.75, 3.05) is 11.6 Å². The predicted octanol–water partition coefficient (Wildman–Crippen LogP) is 5.07. The molecule has 0 unspecified atom stereocenters. The van der Waals surface area contributed by atoms with Crippen LogP contribution in [0, 0.1) is 6.92 Å². The summed E-state index contributed by atoms with van der Waals surface area (Å²) in [5, 5.41) is 5.13. The Hall–Kier alpha value is -2.51. The highest BCUT2D eigenvalue weighted by Gasteiger charge is 2.17. The van der Waals surface area contributed by atoms with E-state index in [1.165, 1.54) is 29.0 Å². The van der Waals surface area contributed by atoms with Crippen molar-refractivity contribution in [1.29, 1.82) is 0 Å². The van der Waals surface area contributed by atoms with Gasteiger partial charge >= 0.3 is 0 Å². The number of benzene rings is 2. The van der Waals surface area contributed by atoms with Gasteiger partial charge in [0.25, 0.3) is 5.91 Å². The molecular formula is C22H24N2O3S2.